The summed E-state index contributed by atoms with van der Waals surface area (Å²) in [5, 5.41) is 2.89. The van der Waals surface area contributed by atoms with E-state index in [2.05, 4.69) is 17.4 Å². The molecule has 7 heteroatoms. The molecule has 2 aliphatic rings. The van der Waals surface area contributed by atoms with E-state index in [1.54, 1.807) is 4.90 Å². The van der Waals surface area contributed by atoms with Crippen LogP contribution in [0, 0.1) is 5.82 Å². The summed E-state index contributed by atoms with van der Waals surface area (Å²) >= 11 is 0. The molecular weight excluding hydrogens is 372 g/mol. The summed E-state index contributed by atoms with van der Waals surface area (Å²) in [6.07, 6.45) is -1.99. The van der Waals surface area contributed by atoms with E-state index >= 15 is 0 Å². The molecule has 0 atom stereocenters. The van der Waals surface area contributed by atoms with E-state index in [4.69, 9.17) is 0 Å². The predicted molar refractivity (Wildman–Crippen MR) is 97.7 cm³/mol. The first-order chi connectivity index (χ1) is 13.3. The SMILES string of the molecule is O=C(Cc1ccc(C2CC2)cc1)NC1CN(c2ccc(F)c(C(F)(F)F)c2)C1. The van der Waals surface area contributed by atoms with Gasteiger partial charge in [0.2, 0.25) is 5.91 Å². The molecular formula is C21H20F4N2O. The number of carbonyl (C=O) groups excluding carboxylic acids is 1. The lowest BCUT2D eigenvalue weighted by molar-refractivity contribution is -0.140. The maximum absolute atomic E-state index is 13.4. The molecule has 1 heterocycles. The Kier molecular flexibility index (Phi) is 4.77. The minimum atomic E-state index is -4.73. The molecule has 28 heavy (non-hydrogen) atoms. The van der Waals surface area contributed by atoms with Crippen molar-refractivity contribution in [2.75, 3.05) is 18.0 Å². The third kappa shape index (κ3) is 4.13. The summed E-state index contributed by atoms with van der Waals surface area (Å²) in [5.74, 6) is -0.721. The van der Waals surface area contributed by atoms with E-state index in [0.29, 0.717) is 24.7 Å². The highest BCUT2D eigenvalue weighted by atomic mass is 19.4. The lowest BCUT2D eigenvalue weighted by Gasteiger charge is -2.41. The van der Waals surface area contributed by atoms with E-state index < -0.39 is 17.6 Å². The van der Waals surface area contributed by atoms with Crippen LogP contribution in [0.2, 0.25) is 0 Å². The van der Waals surface area contributed by atoms with E-state index in [-0.39, 0.29) is 18.4 Å². The minimum Gasteiger partial charge on any atom is -0.367 e. The van der Waals surface area contributed by atoms with Gasteiger partial charge >= 0.3 is 6.18 Å². The lowest BCUT2D eigenvalue weighted by Crippen LogP contribution is -2.59. The molecule has 0 bridgehead atoms. The monoisotopic (exact) mass is 392 g/mol. The zero-order chi connectivity index (χ0) is 19.9. The number of rotatable bonds is 5. The van der Waals surface area contributed by atoms with Crippen LogP contribution in [0.15, 0.2) is 42.5 Å². The number of amides is 1. The highest BCUT2D eigenvalue weighted by Crippen LogP contribution is 2.40. The molecule has 1 aliphatic heterocycles. The maximum Gasteiger partial charge on any atom is 0.419 e. The van der Waals surface area contributed by atoms with Crippen molar-refractivity contribution in [2.24, 2.45) is 0 Å². The molecule has 3 nitrogen and oxygen atoms in total. The van der Waals surface area contributed by atoms with Crippen LogP contribution >= 0.6 is 0 Å². The number of nitrogens with one attached hydrogen (secondary N) is 1. The van der Waals surface area contributed by atoms with Gasteiger partial charge in [0.25, 0.3) is 0 Å². The number of hydrogen-bond acceptors (Lipinski definition) is 2. The lowest BCUT2D eigenvalue weighted by atomic mass is 10.0. The standard InChI is InChI=1S/C21H20F4N2O/c22-19-8-7-17(10-18(19)21(23,24)25)27-11-16(12-27)26-20(28)9-13-1-3-14(4-2-13)15-5-6-15/h1-4,7-8,10,15-16H,5-6,9,11-12H2,(H,26,28). The zero-order valence-electron chi connectivity index (χ0n) is 15.1. The van der Waals surface area contributed by atoms with Crippen LogP contribution in [0.1, 0.15) is 35.4 Å². The predicted octanol–water partition coefficient (Wildman–Crippen LogP) is 4.27. The van der Waals surface area contributed by atoms with Gasteiger partial charge in [0.15, 0.2) is 0 Å². The second kappa shape index (κ2) is 7.11. The third-order valence-corrected chi connectivity index (χ3v) is 5.26. The molecule has 4 rings (SSSR count). The van der Waals surface area contributed by atoms with Crippen molar-refractivity contribution in [1.82, 2.24) is 5.32 Å². The fourth-order valence-electron chi connectivity index (χ4n) is 3.50. The van der Waals surface area contributed by atoms with E-state index in [1.807, 2.05) is 12.1 Å². The van der Waals surface area contributed by atoms with Crippen molar-refractivity contribution in [3.05, 3.63) is 65.0 Å². The van der Waals surface area contributed by atoms with Crippen molar-refractivity contribution in [3.63, 3.8) is 0 Å². The second-order valence-corrected chi connectivity index (χ2v) is 7.52. The van der Waals surface area contributed by atoms with Gasteiger partial charge in [-0.25, -0.2) is 4.39 Å². The Morgan fingerprint density at radius 1 is 1.07 bits per heavy atom. The van der Waals surface area contributed by atoms with Gasteiger partial charge in [-0.3, -0.25) is 4.79 Å². The average molecular weight is 392 g/mol. The summed E-state index contributed by atoms with van der Waals surface area (Å²) in [4.78, 5) is 13.9. The molecule has 1 N–H and O–H groups in total. The quantitative estimate of drug-likeness (QED) is 0.771. The van der Waals surface area contributed by atoms with Crippen LogP contribution in [0.3, 0.4) is 0 Å². The van der Waals surface area contributed by atoms with E-state index in [0.717, 1.165) is 17.7 Å². The number of halogens is 4. The van der Waals surface area contributed by atoms with Crippen molar-refractivity contribution in [1.29, 1.82) is 0 Å². The molecule has 1 saturated carbocycles. The number of anilines is 1. The molecule has 1 saturated heterocycles. The summed E-state index contributed by atoms with van der Waals surface area (Å²) in [5.41, 5.74) is 1.28. The molecule has 0 unspecified atom stereocenters. The van der Waals surface area contributed by atoms with Gasteiger partial charge in [0.05, 0.1) is 18.0 Å². The Labute approximate surface area is 160 Å². The van der Waals surface area contributed by atoms with Crippen molar-refractivity contribution < 1.29 is 22.4 Å². The summed E-state index contributed by atoms with van der Waals surface area (Å²) in [6.45, 7) is 0.796. The zero-order valence-corrected chi connectivity index (χ0v) is 15.1. The first-order valence-corrected chi connectivity index (χ1v) is 9.29. The number of benzene rings is 2. The highest BCUT2D eigenvalue weighted by Gasteiger charge is 2.36. The van der Waals surface area contributed by atoms with Crippen molar-refractivity contribution in [3.8, 4) is 0 Å². The Bertz CT molecular complexity index is 869. The van der Waals surface area contributed by atoms with Crippen LogP contribution in [0.5, 0.6) is 0 Å². The van der Waals surface area contributed by atoms with E-state index in [1.165, 1.54) is 24.5 Å². The van der Waals surface area contributed by atoms with Crippen LogP contribution in [0.25, 0.3) is 0 Å². The van der Waals surface area contributed by atoms with Gasteiger partial charge < -0.3 is 10.2 Å². The molecule has 0 radical (unpaired) electrons. The normalized spacial score (nSPS) is 17.4. The topological polar surface area (TPSA) is 32.3 Å². The third-order valence-electron chi connectivity index (χ3n) is 5.26. The first-order valence-electron chi connectivity index (χ1n) is 9.29. The molecule has 0 aromatic heterocycles. The molecule has 0 spiro atoms. The molecule has 1 amide bonds. The van der Waals surface area contributed by atoms with Gasteiger partial charge in [-0.05, 0) is 48.1 Å². The van der Waals surface area contributed by atoms with Gasteiger partial charge in [-0.2, -0.15) is 13.2 Å². The Balaban J connectivity index is 1.29. The smallest absolute Gasteiger partial charge is 0.367 e. The summed E-state index contributed by atoms with van der Waals surface area (Å²) in [6, 6.07) is 10.9. The van der Waals surface area contributed by atoms with Crippen molar-refractivity contribution in [2.45, 2.75) is 37.4 Å². The minimum absolute atomic E-state index is 0.112. The summed E-state index contributed by atoms with van der Waals surface area (Å²) in [7, 11) is 0. The van der Waals surface area contributed by atoms with Crippen LogP contribution in [-0.2, 0) is 17.4 Å². The highest BCUT2D eigenvalue weighted by molar-refractivity contribution is 5.79. The van der Waals surface area contributed by atoms with Crippen molar-refractivity contribution >= 4 is 11.6 Å². The average Bonchev–Trinajstić information content (AvgIpc) is 3.43. The Morgan fingerprint density at radius 3 is 2.36 bits per heavy atom. The van der Waals surface area contributed by atoms with Crippen LogP contribution in [-0.4, -0.2) is 25.0 Å². The fourth-order valence-corrected chi connectivity index (χ4v) is 3.50. The fraction of sp³-hybridized carbons (Fsp3) is 0.381. The van der Waals surface area contributed by atoms with Gasteiger partial charge in [-0.1, -0.05) is 24.3 Å². The Hall–Kier alpha value is -2.57. The molecule has 1 aliphatic carbocycles. The molecule has 2 aromatic carbocycles. The molecule has 148 valence electrons. The number of carbonyl (C=O) groups is 1. The van der Waals surface area contributed by atoms with Gasteiger partial charge in [0, 0.05) is 18.8 Å². The Morgan fingerprint density at radius 2 is 1.75 bits per heavy atom. The maximum atomic E-state index is 13.4. The number of hydrogen-bond donors (Lipinski definition) is 1. The summed E-state index contributed by atoms with van der Waals surface area (Å²) < 4.78 is 51.9. The van der Waals surface area contributed by atoms with Crippen LogP contribution in [0.4, 0.5) is 23.2 Å². The first kappa shape index (κ1) is 18.8. The largest absolute Gasteiger partial charge is 0.419 e. The van der Waals surface area contributed by atoms with E-state index in [9.17, 15) is 22.4 Å². The van der Waals surface area contributed by atoms with Gasteiger partial charge in [-0.15, -0.1) is 0 Å². The molecule has 2 aromatic rings. The second-order valence-electron chi connectivity index (χ2n) is 7.52. The number of alkyl halides is 3. The van der Waals surface area contributed by atoms with Gasteiger partial charge in [0.1, 0.15) is 5.82 Å². The number of nitrogens with zero attached hydrogens (tertiary/aromatic N) is 1. The molecule has 2 fully saturated rings. The van der Waals surface area contributed by atoms with Crippen LogP contribution < -0.4 is 10.2 Å².